The monoisotopic (exact) mass is 269 g/mol. The molecule has 0 atom stereocenters. The zero-order valence-electron chi connectivity index (χ0n) is 12.6. The molecule has 0 saturated heterocycles. The molecule has 3 heteroatoms. The van der Waals surface area contributed by atoms with Crippen molar-refractivity contribution in [2.75, 3.05) is 18.0 Å². The number of rotatable bonds is 6. The van der Waals surface area contributed by atoms with Gasteiger partial charge >= 0.3 is 0 Å². The Morgan fingerprint density at radius 1 is 1.10 bits per heavy atom. The minimum atomic E-state index is 0.872. The van der Waals surface area contributed by atoms with Crippen LogP contribution in [0.4, 0.5) is 11.4 Å². The molecular weight excluding hydrogens is 246 g/mol. The zero-order chi connectivity index (χ0) is 14.4. The Morgan fingerprint density at radius 3 is 2.60 bits per heavy atom. The molecule has 0 spiro atoms. The highest BCUT2D eigenvalue weighted by atomic mass is 15.1. The van der Waals surface area contributed by atoms with Crippen LogP contribution in [0.5, 0.6) is 0 Å². The molecule has 3 nitrogen and oxygen atoms in total. The van der Waals surface area contributed by atoms with Gasteiger partial charge in [0.25, 0.3) is 0 Å². The van der Waals surface area contributed by atoms with Gasteiger partial charge in [-0.05, 0) is 43.7 Å². The fourth-order valence-corrected chi connectivity index (χ4v) is 2.40. The van der Waals surface area contributed by atoms with E-state index < -0.39 is 0 Å². The highest BCUT2D eigenvalue weighted by Gasteiger charge is 2.13. The molecule has 0 aliphatic rings. The maximum atomic E-state index is 4.31. The summed E-state index contributed by atoms with van der Waals surface area (Å²) in [5, 5.41) is 3.40. The van der Waals surface area contributed by atoms with Gasteiger partial charge in [-0.3, -0.25) is 4.98 Å². The van der Waals surface area contributed by atoms with E-state index in [2.05, 4.69) is 66.3 Å². The van der Waals surface area contributed by atoms with Crippen molar-refractivity contribution in [2.45, 2.75) is 27.3 Å². The summed E-state index contributed by atoms with van der Waals surface area (Å²) >= 11 is 0. The number of pyridine rings is 1. The van der Waals surface area contributed by atoms with E-state index in [-0.39, 0.29) is 0 Å². The summed E-state index contributed by atoms with van der Waals surface area (Å²) in [5.74, 6) is 0. The van der Waals surface area contributed by atoms with Gasteiger partial charge in [0, 0.05) is 25.0 Å². The second kappa shape index (κ2) is 7.06. The lowest BCUT2D eigenvalue weighted by Gasteiger charge is -2.27. The van der Waals surface area contributed by atoms with E-state index in [9.17, 15) is 0 Å². The van der Waals surface area contributed by atoms with Crippen LogP contribution in [0, 0.1) is 6.92 Å². The average Bonchev–Trinajstić information content (AvgIpc) is 2.49. The van der Waals surface area contributed by atoms with E-state index in [1.54, 1.807) is 0 Å². The molecule has 0 saturated carbocycles. The first-order valence-corrected chi connectivity index (χ1v) is 7.24. The second-order valence-corrected chi connectivity index (χ2v) is 4.82. The van der Waals surface area contributed by atoms with Crippen molar-refractivity contribution in [3.05, 3.63) is 53.9 Å². The predicted molar refractivity (Wildman–Crippen MR) is 85.5 cm³/mol. The van der Waals surface area contributed by atoms with Gasteiger partial charge in [-0.2, -0.15) is 0 Å². The van der Waals surface area contributed by atoms with E-state index >= 15 is 0 Å². The van der Waals surface area contributed by atoms with Gasteiger partial charge < -0.3 is 10.2 Å². The van der Waals surface area contributed by atoms with Gasteiger partial charge in [0.05, 0.1) is 11.9 Å². The lowest BCUT2D eigenvalue weighted by molar-refractivity contribution is 0.724. The van der Waals surface area contributed by atoms with Crippen LogP contribution in [0.3, 0.4) is 0 Å². The second-order valence-electron chi connectivity index (χ2n) is 4.82. The molecule has 1 aromatic heterocycles. The molecule has 1 aromatic carbocycles. The van der Waals surface area contributed by atoms with Crippen molar-refractivity contribution in [3.63, 3.8) is 0 Å². The Kier molecular flexibility index (Phi) is 5.13. The van der Waals surface area contributed by atoms with Gasteiger partial charge in [0.2, 0.25) is 0 Å². The van der Waals surface area contributed by atoms with Crippen molar-refractivity contribution < 1.29 is 0 Å². The molecule has 0 fully saturated rings. The maximum Gasteiger partial charge on any atom is 0.0642 e. The number of benzene rings is 1. The van der Waals surface area contributed by atoms with Crippen molar-refractivity contribution in [1.82, 2.24) is 10.3 Å². The lowest BCUT2D eigenvalue weighted by atomic mass is 10.1. The molecule has 0 aliphatic carbocycles. The first-order chi connectivity index (χ1) is 9.77. The van der Waals surface area contributed by atoms with E-state index in [4.69, 9.17) is 0 Å². The van der Waals surface area contributed by atoms with Gasteiger partial charge in [0.15, 0.2) is 0 Å². The van der Waals surface area contributed by atoms with E-state index in [1.165, 1.54) is 22.5 Å². The Balaban J connectivity index is 2.39. The smallest absolute Gasteiger partial charge is 0.0642 e. The number of nitrogens with zero attached hydrogens (tertiary/aromatic N) is 2. The third kappa shape index (κ3) is 3.17. The minimum absolute atomic E-state index is 0.872. The van der Waals surface area contributed by atoms with Crippen LogP contribution in [0.1, 0.15) is 25.0 Å². The number of hydrogen-bond donors (Lipinski definition) is 1. The molecular formula is C17H23N3. The molecule has 0 radical (unpaired) electrons. The Hall–Kier alpha value is -1.87. The van der Waals surface area contributed by atoms with E-state index in [1.807, 2.05) is 12.4 Å². The molecule has 0 aliphatic heterocycles. The molecule has 106 valence electrons. The quantitative estimate of drug-likeness (QED) is 0.867. The summed E-state index contributed by atoms with van der Waals surface area (Å²) in [6.07, 6.45) is 3.82. The van der Waals surface area contributed by atoms with Gasteiger partial charge in [-0.15, -0.1) is 0 Å². The Bertz CT molecular complexity index is 551. The van der Waals surface area contributed by atoms with Crippen LogP contribution in [-0.2, 0) is 6.54 Å². The third-order valence-electron chi connectivity index (χ3n) is 3.47. The topological polar surface area (TPSA) is 28.2 Å². The molecule has 20 heavy (non-hydrogen) atoms. The Morgan fingerprint density at radius 2 is 1.90 bits per heavy atom. The minimum Gasteiger partial charge on any atom is -0.340 e. The zero-order valence-corrected chi connectivity index (χ0v) is 12.6. The fraction of sp³-hybridized carbons (Fsp3) is 0.353. The summed E-state index contributed by atoms with van der Waals surface area (Å²) in [7, 11) is 0. The molecule has 0 bridgehead atoms. The van der Waals surface area contributed by atoms with E-state index in [0.717, 1.165) is 19.6 Å². The van der Waals surface area contributed by atoms with Crippen LogP contribution in [0.2, 0.25) is 0 Å². The van der Waals surface area contributed by atoms with E-state index in [0.29, 0.717) is 0 Å². The van der Waals surface area contributed by atoms with Gasteiger partial charge in [-0.25, -0.2) is 0 Å². The summed E-state index contributed by atoms with van der Waals surface area (Å²) in [4.78, 5) is 6.64. The number of aromatic nitrogens is 1. The third-order valence-corrected chi connectivity index (χ3v) is 3.47. The van der Waals surface area contributed by atoms with Crippen LogP contribution < -0.4 is 10.2 Å². The van der Waals surface area contributed by atoms with Crippen LogP contribution in [0.15, 0.2) is 42.7 Å². The molecule has 0 unspecified atom stereocenters. The highest BCUT2D eigenvalue weighted by molar-refractivity contribution is 5.68. The summed E-state index contributed by atoms with van der Waals surface area (Å²) in [6.45, 7) is 9.22. The molecule has 0 amide bonds. The average molecular weight is 269 g/mol. The molecule has 2 rings (SSSR count). The van der Waals surface area contributed by atoms with Crippen LogP contribution in [0.25, 0.3) is 0 Å². The summed E-state index contributed by atoms with van der Waals surface area (Å²) < 4.78 is 0. The molecule has 1 N–H and O–H groups in total. The first kappa shape index (κ1) is 14.5. The van der Waals surface area contributed by atoms with Crippen molar-refractivity contribution in [2.24, 2.45) is 0 Å². The van der Waals surface area contributed by atoms with Crippen LogP contribution >= 0.6 is 0 Å². The van der Waals surface area contributed by atoms with Crippen molar-refractivity contribution >= 4 is 11.4 Å². The molecule has 2 aromatic rings. The van der Waals surface area contributed by atoms with Crippen molar-refractivity contribution in [3.8, 4) is 0 Å². The number of hydrogen-bond acceptors (Lipinski definition) is 3. The lowest BCUT2D eigenvalue weighted by Crippen LogP contribution is -2.21. The number of aryl methyl sites for hydroxylation is 1. The number of anilines is 2. The normalized spacial score (nSPS) is 10.6. The van der Waals surface area contributed by atoms with Crippen molar-refractivity contribution in [1.29, 1.82) is 0 Å². The number of nitrogens with one attached hydrogen (secondary N) is 1. The van der Waals surface area contributed by atoms with Crippen LogP contribution in [-0.4, -0.2) is 18.1 Å². The standard InChI is InChI=1S/C17H23N3/c1-4-18-12-15-10-11-19-13-17(15)20(5-2)16-9-7-6-8-14(16)3/h6-11,13,18H,4-5,12H2,1-3H3. The first-order valence-electron chi connectivity index (χ1n) is 7.24. The SMILES string of the molecule is CCNCc1ccncc1N(CC)c1ccccc1C. The predicted octanol–water partition coefficient (Wildman–Crippen LogP) is 3.66. The van der Waals surface area contributed by atoms with Gasteiger partial charge in [-0.1, -0.05) is 25.1 Å². The van der Waals surface area contributed by atoms with Gasteiger partial charge in [0.1, 0.15) is 0 Å². The summed E-state index contributed by atoms with van der Waals surface area (Å²) in [6, 6.07) is 10.6. The highest BCUT2D eigenvalue weighted by Crippen LogP contribution is 2.29. The summed E-state index contributed by atoms with van der Waals surface area (Å²) in [5.41, 5.74) is 5.01. The number of para-hydroxylation sites is 1. The Labute approximate surface area is 121 Å². The fourth-order valence-electron chi connectivity index (χ4n) is 2.40. The largest absolute Gasteiger partial charge is 0.340 e. The molecule has 1 heterocycles. The maximum absolute atomic E-state index is 4.31.